The second kappa shape index (κ2) is 6.22. The number of methoxy groups -OCH3 is 1. The van der Waals surface area contributed by atoms with Crippen molar-refractivity contribution in [3.05, 3.63) is 22.6 Å². The Morgan fingerprint density at radius 1 is 1.64 bits per heavy atom. The molecule has 1 heterocycles. The van der Waals surface area contributed by atoms with Crippen molar-refractivity contribution in [2.45, 2.75) is 19.4 Å². The summed E-state index contributed by atoms with van der Waals surface area (Å²) in [4.78, 5) is 0. The summed E-state index contributed by atoms with van der Waals surface area (Å²) in [5, 5.41) is 3.40. The maximum atomic E-state index is 5.19. The number of hydrogen-bond acceptors (Lipinski definition) is 3. The molecule has 0 saturated carbocycles. The molecule has 1 rings (SSSR count). The van der Waals surface area contributed by atoms with Crippen LogP contribution < -0.4 is 5.32 Å². The van der Waals surface area contributed by atoms with E-state index >= 15 is 0 Å². The molecule has 4 heteroatoms. The Balaban J connectivity index is 2.62. The molecular formula is C10H16BrNO2. The second-order valence-electron chi connectivity index (χ2n) is 3.11. The van der Waals surface area contributed by atoms with Crippen molar-refractivity contribution in [2.75, 3.05) is 20.3 Å². The Morgan fingerprint density at radius 3 is 2.93 bits per heavy atom. The van der Waals surface area contributed by atoms with E-state index in [0.717, 1.165) is 23.2 Å². The highest BCUT2D eigenvalue weighted by Crippen LogP contribution is 2.24. The Labute approximate surface area is 92.9 Å². The van der Waals surface area contributed by atoms with Gasteiger partial charge in [-0.25, -0.2) is 0 Å². The first-order valence-corrected chi connectivity index (χ1v) is 5.54. The lowest BCUT2D eigenvalue weighted by molar-refractivity contribution is 0.166. The van der Waals surface area contributed by atoms with Crippen LogP contribution in [0.25, 0.3) is 0 Å². The van der Waals surface area contributed by atoms with E-state index in [2.05, 4.69) is 28.2 Å². The van der Waals surface area contributed by atoms with E-state index in [0.29, 0.717) is 6.61 Å². The van der Waals surface area contributed by atoms with Gasteiger partial charge in [0.2, 0.25) is 0 Å². The van der Waals surface area contributed by atoms with Gasteiger partial charge < -0.3 is 14.5 Å². The van der Waals surface area contributed by atoms with Crippen molar-refractivity contribution < 1.29 is 9.15 Å². The largest absolute Gasteiger partial charge is 0.457 e. The number of halogens is 1. The molecule has 0 amide bonds. The van der Waals surface area contributed by atoms with Gasteiger partial charge in [-0.3, -0.25) is 0 Å². The normalized spacial score (nSPS) is 13.1. The van der Waals surface area contributed by atoms with Crippen LogP contribution in [-0.2, 0) is 4.74 Å². The third-order valence-electron chi connectivity index (χ3n) is 2.00. The zero-order valence-corrected chi connectivity index (χ0v) is 10.1. The van der Waals surface area contributed by atoms with Crippen LogP contribution >= 0.6 is 15.9 Å². The molecule has 14 heavy (non-hydrogen) atoms. The Hall–Kier alpha value is -0.320. The van der Waals surface area contributed by atoms with Crippen molar-refractivity contribution in [1.29, 1.82) is 0 Å². The predicted molar refractivity (Wildman–Crippen MR) is 59.3 cm³/mol. The molecule has 0 aliphatic carbocycles. The van der Waals surface area contributed by atoms with Gasteiger partial charge in [0, 0.05) is 12.7 Å². The molecule has 0 saturated heterocycles. The average molecular weight is 262 g/mol. The van der Waals surface area contributed by atoms with E-state index < -0.39 is 0 Å². The SMILES string of the molecule is CCCNC(COC)c1ccoc1Br. The summed E-state index contributed by atoms with van der Waals surface area (Å²) < 4.78 is 11.1. The lowest BCUT2D eigenvalue weighted by Gasteiger charge is -2.16. The van der Waals surface area contributed by atoms with Gasteiger partial charge in [-0.2, -0.15) is 0 Å². The van der Waals surface area contributed by atoms with Gasteiger partial charge in [0.1, 0.15) is 0 Å². The Bertz CT molecular complexity index is 262. The molecule has 0 aliphatic rings. The van der Waals surface area contributed by atoms with Gasteiger partial charge >= 0.3 is 0 Å². The maximum Gasteiger partial charge on any atom is 0.173 e. The van der Waals surface area contributed by atoms with Crippen LogP contribution in [0.15, 0.2) is 21.4 Å². The smallest absolute Gasteiger partial charge is 0.173 e. The number of nitrogens with one attached hydrogen (secondary N) is 1. The van der Waals surface area contributed by atoms with Gasteiger partial charge in [-0.05, 0) is 35.0 Å². The molecule has 3 nitrogen and oxygen atoms in total. The van der Waals surface area contributed by atoms with Crippen molar-refractivity contribution >= 4 is 15.9 Å². The summed E-state index contributed by atoms with van der Waals surface area (Å²) in [5.41, 5.74) is 1.11. The number of rotatable bonds is 6. The zero-order valence-electron chi connectivity index (χ0n) is 8.55. The van der Waals surface area contributed by atoms with Gasteiger partial charge in [-0.1, -0.05) is 6.92 Å². The van der Waals surface area contributed by atoms with Gasteiger partial charge in [0.25, 0.3) is 0 Å². The van der Waals surface area contributed by atoms with E-state index in [4.69, 9.17) is 9.15 Å². The van der Waals surface area contributed by atoms with Crippen molar-refractivity contribution in [2.24, 2.45) is 0 Å². The maximum absolute atomic E-state index is 5.19. The average Bonchev–Trinajstić information content (AvgIpc) is 2.59. The second-order valence-corrected chi connectivity index (χ2v) is 3.83. The standard InChI is InChI=1S/C10H16BrNO2/c1-3-5-12-9(7-13-2)8-4-6-14-10(8)11/h4,6,9,12H,3,5,7H2,1-2H3. The summed E-state index contributed by atoms with van der Waals surface area (Å²) in [6.45, 7) is 3.77. The fourth-order valence-corrected chi connectivity index (χ4v) is 1.81. The van der Waals surface area contributed by atoms with E-state index in [1.807, 2.05) is 6.07 Å². The van der Waals surface area contributed by atoms with E-state index in [-0.39, 0.29) is 6.04 Å². The Morgan fingerprint density at radius 2 is 2.43 bits per heavy atom. The van der Waals surface area contributed by atoms with Crippen LogP contribution in [0.4, 0.5) is 0 Å². The number of furan rings is 1. The highest BCUT2D eigenvalue weighted by molar-refractivity contribution is 9.10. The molecule has 1 N–H and O–H groups in total. The molecule has 1 aromatic heterocycles. The van der Waals surface area contributed by atoms with Crippen LogP contribution in [0, 0.1) is 0 Å². The zero-order chi connectivity index (χ0) is 10.4. The van der Waals surface area contributed by atoms with Crippen LogP contribution in [-0.4, -0.2) is 20.3 Å². The molecule has 1 atom stereocenters. The number of ether oxygens (including phenoxy) is 1. The molecule has 0 radical (unpaired) electrons. The minimum atomic E-state index is 0.202. The summed E-state index contributed by atoms with van der Waals surface area (Å²) in [7, 11) is 1.70. The van der Waals surface area contributed by atoms with Gasteiger partial charge in [0.15, 0.2) is 4.67 Å². The summed E-state index contributed by atoms with van der Waals surface area (Å²) >= 11 is 3.37. The van der Waals surface area contributed by atoms with Crippen LogP contribution in [0.2, 0.25) is 0 Å². The third-order valence-corrected chi connectivity index (χ3v) is 2.64. The van der Waals surface area contributed by atoms with Crippen molar-refractivity contribution in [3.8, 4) is 0 Å². The predicted octanol–water partition coefficient (Wildman–Crippen LogP) is 2.73. The highest BCUT2D eigenvalue weighted by atomic mass is 79.9. The number of hydrogen-bond donors (Lipinski definition) is 1. The molecule has 80 valence electrons. The topological polar surface area (TPSA) is 34.4 Å². The molecule has 0 bridgehead atoms. The fourth-order valence-electron chi connectivity index (χ4n) is 1.30. The quantitative estimate of drug-likeness (QED) is 0.856. The molecule has 1 unspecified atom stereocenters. The van der Waals surface area contributed by atoms with E-state index in [1.165, 1.54) is 0 Å². The molecule has 0 spiro atoms. The first-order chi connectivity index (χ1) is 6.79. The minimum absolute atomic E-state index is 0.202. The fraction of sp³-hybridized carbons (Fsp3) is 0.600. The van der Waals surface area contributed by atoms with Crippen LogP contribution in [0.5, 0.6) is 0 Å². The third kappa shape index (κ3) is 3.12. The lowest BCUT2D eigenvalue weighted by atomic mass is 10.1. The minimum Gasteiger partial charge on any atom is -0.457 e. The van der Waals surface area contributed by atoms with Gasteiger partial charge in [-0.15, -0.1) is 0 Å². The summed E-state index contributed by atoms with van der Waals surface area (Å²) in [6, 6.07) is 2.16. The first kappa shape index (κ1) is 11.8. The van der Waals surface area contributed by atoms with E-state index in [1.54, 1.807) is 13.4 Å². The van der Waals surface area contributed by atoms with Crippen molar-refractivity contribution in [1.82, 2.24) is 5.32 Å². The molecule has 1 aromatic rings. The molecule has 0 aromatic carbocycles. The molecule has 0 fully saturated rings. The highest BCUT2D eigenvalue weighted by Gasteiger charge is 2.15. The van der Waals surface area contributed by atoms with E-state index in [9.17, 15) is 0 Å². The van der Waals surface area contributed by atoms with Crippen molar-refractivity contribution in [3.63, 3.8) is 0 Å². The molecular weight excluding hydrogens is 246 g/mol. The summed E-state index contributed by atoms with van der Waals surface area (Å²) in [6.07, 6.45) is 2.78. The van der Waals surface area contributed by atoms with Gasteiger partial charge in [0.05, 0.1) is 18.9 Å². The monoisotopic (exact) mass is 261 g/mol. The Kier molecular flexibility index (Phi) is 5.22. The molecule has 0 aliphatic heterocycles. The lowest BCUT2D eigenvalue weighted by Crippen LogP contribution is -2.25. The summed E-state index contributed by atoms with van der Waals surface area (Å²) in [5.74, 6) is 0. The van der Waals surface area contributed by atoms with Crippen LogP contribution in [0.1, 0.15) is 24.9 Å². The first-order valence-electron chi connectivity index (χ1n) is 4.74. The van der Waals surface area contributed by atoms with Crippen LogP contribution in [0.3, 0.4) is 0 Å².